The van der Waals surface area contributed by atoms with Crippen molar-refractivity contribution >= 4 is 16.9 Å². The highest BCUT2D eigenvalue weighted by atomic mass is 16.6. The SMILES string of the molecule is CC(=O)O[C@@H]1COc2c(CC=C(C)C)c(=O)oc3cccc1c23. The number of carbonyl (C=O) groups is 1. The van der Waals surface area contributed by atoms with Crippen molar-refractivity contribution in [2.45, 2.75) is 33.3 Å². The molecule has 0 saturated heterocycles. The topological polar surface area (TPSA) is 65.7 Å². The maximum atomic E-state index is 12.3. The van der Waals surface area contributed by atoms with Crippen LogP contribution in [0.4, 0.5) is 0 Å². The molecule has 0 unspecified atom stereocenters. The minimum absolute atomic E-state index is 0.191. The van der Waals surface area contributed by atoms with E-state index in [1.54, 1.807) is 12.1 Å². The summed E-state index contributed by atoms with van der Waals surface area (Å²) in [6.45, 7) is 5.49. The largest absolute Gasteiger partial charge is 0.488 e. The predicted molar refractivity (Wildman–Crippen MR) is 85.6 cm³/mol. The van der Waals surface area contributed by atoms with Crippen LogP contribution in [0.5, 0.6) is 5.75 Å². The second-order valence-corrected chi connectivity index (χ2v) is 5.81. The first-order valence-corrected chi connectivity index (χ1v) is 7.49. The first-order valence-electron chi connectivity index (χ1n) is 7.49. The number of hydrogen-bond donors (Lipinski definition) is 0. The third-order valence-corrected chi connectivity index (χ3v) is 3.76. The van der Waals surface area contributed by atoms with Crippen LogP contribution in [-0.2, 0) is 16.0 Å². The highest BCUT2D eigenvalue weighted by molar-refractivity contribution is 5.89. The van der Waals surface area contributed by atoms with E-state index in [9.17, 15) is 9.59 Å². The minimum Gasteiger partial charge on any atom is -0.488 e. The second kappa shape index (κ2) is 5.91. The minimum atomic E-state index is -0.493. The molecule has 0 bridgehead atoms. The molecule has 3 rings (SSSR count). The van der Waals surface area contributed by atoms with E-state index in [0.29, 0.717) is 28.7 Å². The van der Waals surface area contributed by atoms with Gasteiger partial charge < -0.3 is 13.9 Å². The molecule has 1 aromatic heterocycles. The highest BCUT2D eigenvalue weighted by Crippen LogP contribution is 2.39. The molecule has 5 nitrogen and oxygen atoms in total. The van der Waals surface area contributed by atoms with Crippen LogP contribution in [-0.4, -0.2) is 12.6 Å². The van der Waals surface area contributed by atoms with Crippen molar-refractivity contribution < 1.29 is 18.7 Å². The van der Waals surface area contributed by atoms with Crippen LogP contribution in [0, 0.1) is 0 Å². The second-order valence-electron chi connectivity index (χ2n) is 5.81. The average Bonchev–Trinajstić information content (AvgIpc) is 2.48. The first-order chi connectivity index (χ1) is 11.0. The van der Waals surface area contributed by atoms with Gasteiger partial charge in [0, 0.05) is 18.9 Å². The molecule has 0 saturated carbocycles. The van der Waals surface area contributed by atoms with Crippen LogP contribution in [0.15, 0.2) is 39.1 Å². The summed E-state index contributed by atoms with van der Waals surface area (Å²) in [5.41, 5.74) is 2.46. The zero-order chi connectivity index (χ0) is 16.6. The van der Waals surface area contributed by atoms with E-state index in [-0.39, 0.29) is 12.6 Å². The van der Waals surface area contributed by atoms with Crippen molar-refractivity contribution in [1.29, 1.82) is 0 Å². The molecular formula is C18H18O5. The fourth-order valence-electron chi connectivity index (χ4n) is 2.74. The van der Waals surface area contributed by atoms with Gasteiger partial charge in [-0.15, -0.1) is 0 Å². The third kappa shape index (κ3) is 2.86. The number of rotatable bonds is 3. The van der Waals surface area contributed by atoms with Gasteiger partial charge in [-0.3, -0.25) is 4.79 Å². The van der Waals surface area contributed by atoms with Crippen molar-refractivity contribution in [2.24, 2.45) is 0 Å². The van der Waals surface area contributed by atoms with E-state index in [1.807, 2.05) is 26.0 Å². The Bertz CT molecular complexity index is 856. The van der Waals surface area contributed by atoms with Gasteiger partial charge in [-0.05, 0) is 19.9 Å². The monoisotopic (exact) mass is 314 g/mol. The van der Waals surface area contributed by atoms with Crippen LogP contribution in [0.2, 0.25) is 0 Å². The molecular weight excluding hydrogens is 296 g/mol. The molecule has 2 aromatic rings. The fourth-order valence-corrected chi connectivity index (χ4v) is 2.74. The van der Waals surface area contributed by atoms with Crippen molar-refractivity contribution in [3.8, 4) is 5.75 Å². The molecule has 1 aromatic carbocycles. The van der Waals surface area contributed by atoms with Crippen LogP contribution in [0.3, 0.4) is 0 Å². The van der Waals surface area contributed by atoms with Gasteiger partial charge in [0.25, 0.3) is 0 Å². The number of hydrogen-bond acceptors (Lipinski definition) is 5. The van der Waals surface area contributed by atoms with Crippen molar-refractivity contribution in [3.05, 3.63) is 51.4 Å². The van der Waals surface area contributed by atoms with Crippen LogP contribution in [0.1, 0.15) is 38.0 Å². The van der Waals surface area contributed by atoms with Gasteiger partial charge in [-0.1, -0.05) is 23.8 Å². The highest BCUT2D eigenvalue weighted by Gasteiger charge is 2.29. The molecule has 1 atom stereocenters. The Kier molecular flexibility index (Phi) is 3.94. The van der Waals surface area contributed by atoms with E-state index in [2.05, 4.69) is 0 Å². The number of esters is 1. The number of ether oxygens (including phenoxy) is 2. The Morgan fingerprint density at radius 1 is 1.35 bits per heavy atom. The van der Waals surface area contributed by atoms with Crippen molar-refractivity contribution in [1.82, 2.24) is 0 Å². The van der Waals surface area contributed by atoms with Crippen LogP contribution < -0.4 is 10.4 Å². The normalized spacial score (nSPS) is 15.9. The number of allylic oxidation sites excluding steroid dienone is 2. The lowest BCUT2D eigenvalue weighted by Gasteiger charge is -2.26. The summed E-state index contributed by atoms with van der Waals surface area (Å²) in [6.07, 6.45) is 1.91. The molecule has 0 aliphatic carbocycles. The molecule has 5 heteroatoms. The van der Waals surface area contributed by atoms with Crippen LogP contribution in [0.25, 0.3) is 11.0 Å². The lowest BCUT2D eigenvalue weighted by atomic mass is 9.98. The molecule has 120 valence electrons. The van der Waals surface area contributed by atoms with Crippen molar-refractivity contribution in [2.75, 3.05) is 6.61 Å². The lowest BCUT2D eigenvalue weighted by Crippen LogP contribution is -2.23. The Balaban J connectivity index is 2.21. The van der Waals surface area contributed by atoms with E-state index >= 15 is 0 Å². The summed E-state index contributed by atoms with van der Waals surface area (Å²) in [4.78, 5) is 23.5. The zero-order valence-electron chi connectivity index (χ0n) is 13.3. The van der Waals surface area contributed by atoms with Gasteiger partial charge in [0.2, 0.25) is 0 Å². The fraction of sp³-hybridized carbons (Fsp3) is 0.333. The zero-order valence-corrected chi connectivity index (χ0v) is 13.3. The van der Waals surface area contributed by atoms with E-state index in [1.165, 1.54) is 6.92 Å². The summed E-state index contributed by atoms with van der Waals surface area (Å²) in [6, 6.07) is 5.36. The predicted octanol–water partition coefficient (Wildman–Crippen LogP) is 3.30. The van der Waals surface area contributed by atoms with E-state index in [4.69, 9.17) is 13.9 Å². The van der Waals surface area contributed by atoms with Gasteiger partial charge in [-0.2, -0.15) is 0 Å². The van der Waals surface area contributed by atoms with Gasteiger partial charge >= 0.3 is 11.6 Å². The third-order valence-electron chi connectivity index (χ3n) is 3.76. The smallest absolute Gasteiger partial charge is 0.343 e. The first kappa shape index (κ1) is 15.3. The summed E-state index contributed by atoms with van der Waals surface area (Å²) in [5.74, 6) is 0.161. The molecule has 1 aliphatic rings. The lowest BCUT2D eigenvalue weighted by molar-refractivity contribution is -0.148. The van der Waals surface area contributed by atoms with Gasteiger partial charge in [0.1, 0.15) is 17.9 Å². The van der Waals surface area contributed by atoms with Crippen LogP contribution >= 0.6 is 0 Å². The molecule has 0 spiro atoms. The molecule has 1 aliphatic heterocycles. The van der Waals surface area contributed by atoms with Gasteiger partial charge in [0.15, 0.2) is 6.10 Å². The van der Waals surface area contributed by atoms with Gasteiger partial charge in [-0.25, -0.2) is 4.79 Å². The molecule has 0 N–H and O–H groups in total. The average molecular weight is 314 g/mol. The summed E-state index contributed by atoms with van der Waals surface area (Å²) in [5, 5.41) is 0.710. The Morgan fingerprint density at radius 3 is 2.83 bits per heavy atom. The Hall–Kier alpha value is -2.56. The van der Waals surface area contributed by atoms with E-state index < -0.39 is 11.7 Å². The van der Waals surface area contributed by atoms with Crippen molar-refractivity contribution in [3.63, 3.8) is 0 Å². The molecule has 0 fully saturated rings. The molecule has 0 amide bonds. The molecule has 0 radical (unpaired) electrons. The Morgan fingerprint density at radius 2 is 2.13 bits per heavy atom. The summed E-state index contributed by atoms with van der Waals surface area (Å²) in [7, 11) is 0. The molecule has 2 heterocycles. The maximum absolute atomic E-state index is 12.3. The quantitative estimate of drug-likeness (QED) is 0.494. The van der Waals surface area contributed by atoms with Gasteiger partial charge in [0.05, 0.1) is 10.9 Å². The molecule has 23 heavy (non-hydrogen) atoms. The number of benzene rings is 1. The maximum Gasteiger partial charge on any atom is 0.343 e. The summed E-state index contributed by atoms with van der Waals surface area (Å²) >= 11 is 0. The van der Waals surface area contributed by atoms with E-state index in [0.717, 1.165) is 11.1 Å². The Labute approximate surface area is 133 Å². The summed E-state index contributed by atoms with van der Waals surface area (Å²) < 4.78 is 16.5. The number of carbonyl (C=O) groups excluding carboxylic acids is 1. The standard InChI is InChI=1S/C18H18O5/c1-10(2)7-8-13-17-16-12(15(9-21-17)22-11(3)19)5-4-6-14(16)23-18(13)20/h4-7,15H,8-9H2,1-3H3/t15-/m1/s1.